The van der Waals surface area contributed by atoms with Crippen LogP contribution in [0.25, 0.3) is 0 Å². The van der Waals surface area contributed by atoms with Crippen LogP contribution >= 0.6 is 0 Å². The molecule has 1 saturated heterocycles. The van der Waals surface area contributed by atoms with E-state index in [1.165, 1.54) is 26.2 Å². The molecule has 1 aliphatic heterocycles. The Bertz CT molecular complexity index is 850. The van der Waals surface area contributed by atoms with Crippen LogP contribution in [0.3, 0.4) is 0 Å². The highest BCUT2D eigenvalue weighted by Gasteiger charge is 2.16. The first-order chi connectivity index (χ1) is 14.8. The number of aromatic nitrogens is 1. The molecule has 0 atom stereocenters. The summed E-state index contributed by atoms with van der Waals surface area (Å²) in [6.07, 6.45) is 8.95. The largest absolute Gasteiger partial charge is 0.473 e. The van der Waals surface area contributed by atoms with Crippen molar-refractivity contribution in [3.8, 4) is 5.88 Å². The second-order valence-electron chi connectivity index (χ2n) is 7.36. The van der Waals surface area contributed by atoms with Crippen LogP contribution in [0, 0.1) is 0 Å². The lowest BCUT2D eigenvalue weighted by Crippen LogP contribution is -2.32. The topological polar surface area (TPSA) is 115 Å². The van der Waals surface area contributed by atoms with E-state index in [-0.39, 0.29) is 25.5 Å². The fourth-order valence-electron chi connectivity index (χ4n) is 3.10. The van der Waals surface area contributed by atoms with Gasteiger partial charge in [-0.25, -0.2) is 13.4 Å². The normalized spacial score (nSPS) is 15.0. The first kappa shape index (κ1) is 24.8. The van der Waals surface area contributed by atoms with Crippen LogP contribution in [0.1, 0.15) is 31.7 Å². The van der Waals surface area contributed by atoms with E-state index in [0.29, 0.717) is 5.88 Å². The second-order valence-corrected chi connectivity index (χ2v) is 9.54. The molecule has 2 rings (SSSR count). The average molecular weight is 454 g/mol. The molecule has 1 aromatic heterocycles. The molecule has 1 fully saturated rings. The fourth-order valence-corrected chi connectivity index (χ4v) is 4.08. The van der Waals surface area contributed by atoms with E-state index >= 15 is 0 Å². The van der Waals surface area contributed by atoms with Gasteiger partial charge in [0.1, 0.15) is 19.0 Å². The SMILES string of the molecule is CC(=O)OCCS(=O)(=O)CC(=O)NC/C=C\COc1cc(CN2CCCCC2)ccn1. The van der Waals surface area contributed by atoms with E-state index in [1.807, 2.05) is 12.1 Å². The van der Waals surface area contributed by atoms with Crippen molar-refractivity contribution in [2.24, 2.45) is 0 Å². The van der Waals surface area contributed by atoms with Crippen LogP contribution in [0.5, 0.6) is 5.88 Å². The maximum atomic E-state index is 11.8. The zero-order valence-corrected chi connectivity index (χ0v) is 18.7. The predicted octanol–water partition coefficient (Wildman–Crippen LogP) is 1.10. The molecule has 0 aliphatic carbocycles. The monoisotopic (exact) mass is 453 g/mol. The van der Waals surface area contributed by atoms with Crippen LogP contribution < -0.4 is 10.1 Å². The van der Waals surface area contributed by atoms with Gasteiger partial charge in [0.15, 0.2) is 9.84 Å². The smallest absolute Gasteiger partial charge is 0.302 e. The molecule has 31 heavy (non-hydrogen) atoms. The van der Waals surface area contributed by atoms with E-state index in [4.69, 9.17) is 4.74 Å². The highest BCUT2D eigenvalue weighted by atomic mass is 32.2. The molecule has 1 amide bonds. The first-order valence-corrected chi connectivity index (χ1v) is 12.2. The van der Waals surface area contributed by atoms with E-state index in [0.717, 1.165) is 25.2 Å². The summed E-state index contributed by atoms with van der Waals surface area (Å²) in [6, 6.07) is 3.93. The molecule has 0 radical (unpaired) electrons. The van der Waals surface area contributed by atoms with Crippen molar-refractivity contribution in [2.75, 3.05) is 44.4 Å². The van der Waals surface area contributed by atoms with Gasteiger partial charge in [-0.1, -0.05) is 12.5 Å². The molecule has 0 aromatic carbocycles. The van der Waals surface area contributed by atoms with Crippen molar-refractivity contribution in [3.05, 3.63) is 36.0 Å². The number of sulfone groups is 1. The van der Waals surface area contributed by atoms with Crippen LogP contribution in [-0.4, -0.2) is 74.5 Å². The zero-order valence-electron chi connectivity index (χ0n) is 17.9. The maximum absolute atomic E-state index is 11.8. The minimum atomic E-state index is -3.62. The Morgan fingerprint density at radius 2 is 2.00 bits per heavy atom. The molecule has 1 N–H and O–H groups in total. The molecular formula is C21H31N3O6S. The molecule has 9 nitrogen and oxygen atoms in total. The van der Waals surface area contributed by atoms with E-state index in [1.54, 1.807) is 18.3 Å². The van der Waals surface area contributed by atoms with E-state index in [2.05, 4.69) is 19.9 Å². The van der Waals surface area contributed by atoms with Crippen molar-refractivity contribution in [1.82, 2.24) is 15.2 Å². The molecule has 172 valence electrons. The number of rotatable bonds is 12. The number of nitrogens with one attached hydrogen (secondary N) is 1. The number of hydrogen-bond donors (Lipinski definition) is 1. The average Bonchev–Trinajstić information content (AvgIpc) is 2.71. The minimum absolute atomic E-state index is 0.185. The summed E-state index contributed by atoms with van der Waals surface area (Å²) in [5, 5.41) is 2.50. The minimum Gasteiger partial charge on any atom is -0.473 e. The van der Waals surface area contributed by atoms with Gasteiger partial charge in [-0.2, -0.15) is 0 Å². The Labute approximate surface area is 183 Å². The summed E-state index contributed by atoms with van der Waals surface area (Å²) in [4.78, 5) is 29.0. The van der Waals surface area contributed by atoms with E-state index < -0.39 is 27.5 Å². The summed E-state index contributed by atoms with van der Waals surface area (Å²) in [5.41, 5.74) is 1.16. The van der Waals surface area contributed by atoms with Crippen molar-refractivity contribution in [1.29, 1.82) is 0 Å². The number of amides is 1. The summed E-state index contributed by atoms with van der Waals surface area (Å²) in [7, 11) is -3.62. The summed E-state index contributed by atoms with van der Waals surface area (Å²) >= 11 is 0. The van der Waals surface area contributed by atoms with E-state index in [9.17, 15) is 18.0 Å². The molecule has 10 heteroatoms. The highest BCUT2D eigenvalue weighted by Crippen LogP contribution is 2.15. The van der Waals surface area contributed by atoms with Crippen LogP contribution in [0.4, 0.5) is 0 Å². The Morgan fingerprint density at radius 3 is 2.74 bits per heavy atom. The number of carbonyl (C=O) groups is 2. The molecule has 1 aromatic rings. The van der Waals surface area contributed by atoms with Crippen LogP contribution in [0.15, 0.2) is 30.5 Å². The van der Waals surface area contributed by atoms with Gasteiger partial charge < -0.3 is 14.8 Å². The Morgan fingerprint density at radius 1 is 1.23 bits per heavy atom. The molecule has 0 saturated carbocycles. The molecule has 1 aliphatic rings. The Kier molecular flexibility index (Phi) is 10.5. The molecule has 0 unspecified atom stereocenters. The van der Waals surface area contributed by atoms with Crippen molar-refractivity contribution >= 4 is 21.7 Å². The lowest BCUT2D eigenvalue weighted by atomic mass is 10.1. The van der Waals surface area contributed by atoms with Crippen molar-refractivity contribution in [2.45, 2.75) is 32.7 Å². The third kappa shape index (κ3) is 10.9. The number of hydrogen-bond acceptors (Lipinski definition) is 8. The Hall–Kier alpha value is -2.46. The van der Waals surface area contributed by atoms with Gasteiger partial charge in [-0.15, -0.1) is 0 Å². The van der Waals surface area contributed by atoms with Crippen LogP contribution in [-0.2, 0) is 30.7 Å². The third-order valence-electron chi connectivity index (χ3n) is 4.62. The third-order valence-corrected chi connectivity index (χ3v) is 6.11. The molecule has 0 spiro atoms. The molecule has 2 heterocycles. The quantitative estimate of drug-likeness (QED) is 0.370. The number of ether oxygens (including phenoxy) is 2. The van der Waals surface area contributed by atoms with Gasteiger partial charge in [-0.3, -0.25) is 14.5 Å². The molecule has 0 bridgehead atoms. The van der Waals surface area contributed by atoms with Gasteiger partial charge in [0.05, 0.1) is 5.75 Å². The fraction of sp³-hybridized carbons (Fsp3) is 0.571. The second kappa shape index (κ2) is 13.1. The number of nitrogens with zero attached hydrogens (tertiary/aromatic N) is 2. The summed E-state index contributed by atoms with van der Waals surface area (Å²) in [6.45, 7) is 4.56. The lowest BCUT2D eigenvalue weighted by molar-refractivity contribution is -0.140. The maximum Gasteiger partial charge on any atom is 0.302 e. The number of likely N-dealkylation sites (tertiary alicyclic amines) is 1. The van der Waals surface area contributed by atoms with Gasteiger partial charge in [0.2, 0.25) is 11.8 Å². The zero-order chi connectivity index (χ0) is 22.5. The standard InChI is InChI=1S/C21H31N3O6S/c1-18(25)29-13-14-31(27,28)17-20(26)22-8-3-6-12-30-21-15-19(7-9-23-21)16-24-10-4-2-5-11-24/h3,6-7,9,15H,2,4-5,8,10-14,16-17H2,1H3,(H,22,26)/b6-3-. The van der Waals surface area contributed by atoms with Gasteiger partial charge in [-0.05, 0) is 43.6 Å². The van der Waals surface area contributed by atoms with Crippen LogP contribution in [0.2, 0.25) is 0 Å². The first-order valence-electron chi connectivity index (χ1n) is 10.4. The summed E-state index contributed by atoms with van der Waals surface area (Å²) < 4.78 is 33.7. The number of pyridine rings is 1. The highest BCUT2D eigenvalue weighted by molar-refractivity contribution is 7.92. The van der Waals surface area contributed by atoms with Gasteiger partial charge in [0, 0.05) is 32.3 Å². The van der Waals surface area contributed by atoms with Gasteiger partial charge in [0.25, 0.3) is 0 Å². The number of piperidine rings is 1. The number of esters is 1. The number of carbonyl (C=O) groups excluding carboxylic acids is 2. The van der Waals surface area contributed by atoms with Crippen molar-refractivity contribution in [3.63, 3.8) is 0 Å². The summed E-state index contributed by atoms with van der Waals surface area (Å²) in [5.74, 6) is -1.65. The predicted molar refractivity (Wildman–Crippen MR) is 116 cm³/mol. The lowest BCUT2D eigenvalue weighted by Gasteiger charge is -2.26. The Balaban J connectivity index is 1.64. The molecular weight excluding hydrogens is 422 g/mol. The van der Waals surface area contributed by atoms with Gasteiger partial charge >= 0.3 is 5.97 Å². The van der Waals surface area contributed by atoms with Crippen molar-refractivity contribution < 1.29 is 27.5 Å².